The summed E-state index contributed by atoms with van der Waals surface area (Å²) < 4.78 is 0. The van der Waals surface area contributed by atoms with Crippen molar-refractivity contribution >= 4 is 28.3 Å². The number of imide groups is 1. The second kappa shape index (κ2) is 7.14. The van der Waals surface area contributed by atoms with E-state index in [1.165, 1.54) is 0 Å². The van der Waals surface area contributed by atoms with Gasteiger partial charge in [-0.1, -0.05) is 12.1 Å². The number of aliphatic hydroxyl groups excluding tert-OH is 1. The van der Waals surface area contributed by atoms with Gasteiger partial charge in [0.25, 0.3) is 11.8 Å². The smallest absolute Gasteiger partial charge is 0.261 e. The Morgan fingerprint density at radius 3 is 2.27 bits per heavy atom. The van der Waals surface area contributed by atoms with E-state index in [9.17, 15) is 14.7 Å². The summed E-state index contributed by atoms with van der Waals surface area (Å²) in [6, 6.07) is 6.79. The van der Waals surface area contributed by atoms with Crippen molar-refractivity contribution < 1.29 is 14.7 Å². The van der Waals surface area contributed by atoms with Crippen molar-refractivity contribution in [1.82, 2.24) is 14.8 Å². The highest BCUT2D eigenvalue weighted by atomic mass is 32.1. The summed E-state index contributed by atoms with van der Waals surface area (Å²) in [5, 5.41) is 13.4. The molecule has 1 fully saturated rings. The standard InChI is InChI=1S/C18H20N4O3S/c23-13(11-20-6-8-21(9-7-20)18-19-5-10-26-18)12-22-16(24)14-3-1-2-4-15(14)17(22)25/h1-5,10,13,23H,6-9,11-12H2. The lowest BCUT2D eigenvalue weighted by Gasteiger charge is -2.35. The minimum Gasteiger partial charge on any atom is -0.390 e. The number of aliphatic hydroxyl groups is 1. The molecule has 0 saturated carbocycles. The average molecular weight is 372 g/mol. The van der Waals surface area contributed by atoms with E-state index in [0.717, 1.165) is 36.2 Å². The number of β-amino-alcohol motifs (C(OH)–C–C–N with tert-alkyl or cyclic N) is 1. The zero-order valence-electron chi connectivity index (χ0n) is 14.2. The lowest BCUT2D eigenvalue weighted by molar-refractivity contribution is 0.0469. The number of hydrogen-bond donors (Lipinski definition) is 1. The maximum atomic E-state index is 12.4. The maximum Gasteiger partial charge on any atom is 0.261 e. The Kier molecular flexibility index (Phi) is 4.71. The van der Waals surface area contributed by atoms with E-state index >= 15 is 0 Å². The number of thiazole rings is 1. The number of aromatic nitrogens is 1. The molecule has 1 atom stereocenters. The van der Waals surface area contributed by atoms with E-state index in [1.807, 2.05) is 5.38 Å². The van der Waals surface area contributed by atoms with Crippen LogP contribution in [0.25, 0.3) is 0 Å². The van der Waals surface area contributed by atoms with Crippen LogP contribution in [0.5, 0.6) is 0 Å². The molecule has 8 heteroatoms. The summed E-state index contributed by atoms with van der Waals surface area (Å²) in [6.45, 7) is 3.82. The largest absolute Gasteiger partial charge is 0.390 e. The molecule has 1 unspecified atom stereocenters. The van der Waals surface area contributed by atoms with Crippen LogP contribution in [0.15, 0.2) is 35.8 Å². The summed E-state index contributed by atoms with van der Waals surface area (Å²) >= 11 is 1.63. The second-order valence-electron chi connectivity index (χ2n) is 6.52. The van der Waals surface area contributed by atoms with Crippen molar-refractivity contribution in [3.8, 4) is 0 Å². The molecule has 0 radical (unpaired) electrons. The van der Waals surface area contributed by atoms with Crippen LogP contribution in [0.2, 0.25) is 0 Å². The summed E-state index contributed by atoms with van der Waals surface area (Å²) in [6.07, 6.45) is 1.04. The van der Waals surface area contributed by atoms with E-state index < -0.39 is 6.10 Å². The summed E-state index contributed by atoms with van der Waals surface area (Å²) in [5.74, 6) is -0.642. The van der Waals surface area contributed by atoms with Gasteiger partial charge in [-0.2, -0.15) is 0 Å². The number of fused-ring (bicyclic) bond motifs is 1. The molecule has 2 amide bonds. The van der Waals surface area contributed by atoms with Crippen LogP contribution in [0, 0.1) is 0 Å². The van der Waals surface area contributed by atoms with Gasteiger partial charge in [-0.3, -0.25) is 19.4 Å². The molecule has 1 N–H and O–H groups in total. The molecule has 2 aliphatic heterocycles. The van der Waals surface area contributed by atoms with Crippen LogP contribution in [0.1, 0.15) is 20.7 Å². The highest BCUT2D eigenvalue weighted by molar-refractivity contribution is 7.13. The quantitative estimate of drug-likeness (QED) is 0.787. The van der Waals surface area contributed by atoms with E-state index in [2.05, 4.69) is 14.8 Å². The molecule has 1 aromatic heterocycles. The Morgan fingerprint density at radius 1 is 1.04 bits per heavy atom. The molecule has 0 spiro atoms. The first-order chi connectivity index (χ1) is 12.6. The maximum absolute atomic E-state index is 12.4. The van der Waals surface area contributed by atoms with Crippen LogP contribution < -0.4 is 4.90 Å². The first-order valence-electron chi connectivity index (χ1n) is 8.63. The first-order valence-corrected chi connectivity index (χ1v) is 9.51. The molecule has 7 nitrogen and oxygen atoms in total. The molecule has 26 heavy (non-hydrogen) atoms. The summed E-state index contributed by atoms with van der Waals surface area (Å²) in [5.41, 5.74) is 0.837. The molecule has 4 rings (SSSR count). The Labute approximate surface area is 155 Å². The number of rotatable bonds is 5. The van der Waals surface area contributed by atoms with E-state index in [0.29, 0.717) is 17.7 Å². The molecule has 2 aliphatic rings. The van der Waals surface area contributed by atoms with Crippen molar-refractivity contribution in [2.75, 3.05) is 44.2 Å². The van der Waals surface area contributed by atoms with E-state index in [1.54, 1.807) is 41.8 Å². The van der Waals surface area contributed by atoms with Crippen LogP contribution in [0.4, 0.5) is 5.13 Å². The number of carbonyl (C=O) groups is 2. The van der Waals surface area contributed by atoms with Gasteiger partial charge in [0.2, 0.25) is 0 Å². The first kappa shape index (κ1) is 17.1. The monoisotopic (exact) mass is 372 g/mol. The summed E-state index contributed by atoms with van der Waals surface area (Å²) in [7, 11) is 0. The number of hydrogen-bond acceptors (Lipinski definition) is 7. The average Bonchev–Trinajstić information content (AvgIpc) is 3.27. The summed E-state index contributed by atoms with van der Waals surface area (Å²) in [4.78, 5) is 34.6. The molecule has 0 bridgehead atoms. The zero-order valence-corrected chi connectivity index (χ0v) is 15.1. The third kappa shape index (κ3) is 3.23. The molecular weight excluding hydrogens is 352 g/mol. The minimum absolute atomic E-state index is 0.0268. The van der Waals surface area contributed by atoms with Gasteiger partial charge in [0.05, 0.1) is 23.8 Å². The number of anilines is 1. The fourth-order valence-electron chi connectivity index (χ4n) is 3.47. The lowest BCUT2D eigenvalue weighted by Crippen LogP contribution is -2.50. The van der Waals surface area contributed by atoms with Gasteiger partial charge in [-0.25, -0.2) is 4.98 Å². The van der Waals surface area contributed by atoms with Crippen LogP contribution in [-0.2, 0) is 0 Å². The Hall–Kier alpha value is -2.29. The van der Waals surface area contributed by atoms with Gasteiger partial charge in [0, 0.05) is 44.3 Å². The van der Waals surface area contributed by atoms with Crippen LogP contribution >= 0.6 is 11.3 Å². The fraction of sp³-hybridized carbons (Fsp3) is 0.389. The van der Waals surface area contributed by atoms with Gasteiger partial charge in [-0.15, -0.1) is 11.3 Å². The fourth-order valence-corrected chi connectivity index (χ4v) is 4.16. The van der Waals surface area contributed by atoms with Gasteiger partial charge < -0.3 is 10.0 Å². The van der Waals surface area contributed by atoms with Gasteiger partial charge in [0.1, 0.15) is 0 Å². The molecule has 1 saturated heterocycles. The van der Waals surface area contributed by atoms with Crippen molar-refractivity contribution in [3.05, 3.63) is 47.0 Å². The Balaban J connectivity index is 1.31. The second-order valence-corrected chi connectivity index (χ2v) is 7.40. The van der Waals surface area contributed by atoms with Gasteiger partial charge in [-0.05, 0) is 12.1 Å². The normalized spacial score (nSPS) is 19.1. The van der Waals surface area contributed by atoms with Crippen molar-refractivity contribution in [1.29, 1.82) is 0 Å². The molecule has 136 valence electrons. The van der Waals surface area contributed by atoms with Crippen LogP contribution in [-0.4, -0.2) is 77.1 Å². The molecule has 1 aromatic carbocycles. The topological polar surface area (TPSA) is 77.0 Å². The van der Waals surface area contributed by atoms with Crippen molar-refractivity contribution in [2.45, 2.75) is 6.10 Å². The third-order valence-electron chi connectivity index (χ3n) is 4.80. The van der Waals surface area contributed by atoms with Crippen LogP contribution in [0.3, 0.4) is 0 Å². The minimum atomic E-state index is -0.761. The number of nitrogens with zero attached hydrogens (tertiary/aromatic N) is 4. The van der Waals surface area contributed by atoms with E-state index in [-0.39, 0.29) is 18.4 Å². The van der Waals surface area contributed by atoms with Gasteiger partial charge >= 0.3 is 0 Å². The Bertz CT molecular complexity index is 768. The van der Waals surface area contributed by atoms with E-state index in [4.69, 9.17) is 0 Å². The SMILES string of the molecule is O=C1c2ccccc2C(=O)N1CC(O)CN1CCN(c2nccs2)CC1. The zero-order chi connectivity index (χ0) is 18.1. The molecule has 0 aliphatic carbocycles. The Morgan fingerprint density at radius 2 is 1.69 bits per heavy atom. The number of piperazine rings is 1. The predicted octanol–water partition coefficient (Wildman–Crippen LogP) is 0.922. The number of amides is 2. The highest BCUT2D eigenvalue weighted by Crippen LogP contribution is 2.23. The van der Waals surface area contributed by atoms with Crippen molar-refractivity contribution in [3.63, 3.8) is 0 Å². The number of carbonyl (C=O) groups excluding carboxylic acids is 2. The lowest BCUT2D eigenvalue weighted by atomic mass is 10.1. The predicted molar refractivity (Wildman–Crippen MR) is 98.6 cm³/mol. The highest BCUT2D eigenvalue weighted by Gasteiger charge is 2.36. The molecule has 3 heterocycles. The molecular formula is C18H20N4O3S. The molecule has 2 aromatic rings. The van der Waals surface area contributed by atoms with Gasteiger partial charge in [0.15, 0.2) is 5.13 Å². The van der Waals surface area contributed by atoms with Crippen molar-refractivity contribution in [2.24, 2.45) is 0 Å². The number of benzene rings is 1. The third-order valence-corrected chi connectivity index (χ3v) is 5.63.